The summed E-state index contributed by atoms with van der Waals surface area (Å²) >= 11 is 0. The number of rotatable bonds is 4. The van der Waals surface area contributed by atoms with Gasteiger partial charge in [-0.25, -0.2) is 0 Å². The molecule has 0 aromatic carbocycles. The summed E-state index contributed by atoms with van der Waals surface area (Å²) in [6.07, 6.45) is 5.43. The Morgan fingerprint density at radius 3 is 2.42 bits per heavy atom. The monoisotopic (exact) mass is 267 g/mol. The molecule has 1 aliphatic carbocycles. The molecule has 2 rings (SSSR count). The van der Waals surface area contributed by atoms with Gasteiger partial charge in [-0.2, -0.15) is 0 Å². The van der Waals surface area contributed by atoms with Gasteiger partial charge in [-0.3, -0.25) is 4.90 Å². The van der Waals surface area contributed by atoms with Gasteiger partial charge in [0.1, 0.15) is 0 Å². The second-order valence-electron chi connectivity index (χ2n) is 6.95. The van der Waals surface area contributed by atoms with Crippen molar-refractivity contribution in [1.82, 2.24) is 9.80 Å². The molecule has 1 aliphatic heterocycles. The van der Waals surface area contributed by atoms with Crippen LogP contribution in [0.15, 0.2) is 0 Å². The molecule has 0 spiro atoms. The van der Waals surface area contributed by atoms with E-state index < -0.39 is 0 Å². The van der Waals surface area contributed by atoms with Gasteiger partial charge in [0, 0.05) is 38.3 Å². The van der Waals surface area contributed by atoms with E-state index in [0.29, 0.717) is 5.54 Å². The van der Waals surface area contributed by atoms with E-state index in [0.717, 1.165) is 18.4 Å². The Balaban J connectivity index is 2.01. The number of nitrogens with zero attached hydrogens (tertiary/aromatic N) is 2. The molecule has 1 saturated carbocycles. The van der Waals surface area contributed by atoms with Crippen LogP contribution in [0.4, 0.5) is 0 Å². The number of piperazine rings is 1. The van der Waals surface area contributed by atoms with E-state index >= 15 is 0 Å². The number of nitrogens with two attached hydrogens (primary N) is 1. The van der Waals surface area contributed by atoms with Crippen LogP contribution >= 0.6 is 0 Å². The zero-order chi connectivity index (χ0) is 13.9. The lowest BCUT2D eigenvalue weighted by atomic mass is 9.70. The fraction of sp³-hybridized carbons (Fsp3) is 1.00. The van der Waals surface area contributed by atoms with Gasteiger partial charge in [-0.05, 0) is 31.2 Å². The van der Waals surface area contributed by atoms with E-state index in [9.17, 15) is 0 Å². The van der Waals surface area contributed by atoms with Crippen LogP contribution < -0.4 is 5.73 Å². The van der Waals surface area contributed by atoms with E-state index in [1.807, 2.05) is 0 Å². The topological polar surface area (TPSA) is 32.5 Å². The molecule has 2 atom stereocenters. The summed E-state index contributed by atoms with van der Waals surface area (Å²) in [5, 5.41) is 0. The maximum absolute atomic E-state index is 6.24. The van der Waals surface area contributed by atoms with Crippen molar-refractivity contribution in [2.24, 2.45) is 17.6 Å². The smallest absolute Gasteiger partial charge is 0.0335 e. The lowest BCUT2D eigenvalue weighted by molar-refractivity contribution is -0.00670. The SMILES string of the molecule is CCN1CCN(C2(CN)CCCC(C(C)C)C2)CC1. The number of hydrogen-bond donors (Lipinski definition) is 1. The highest BCUT2D eigenvalue weighted by molar-refractivity contribution is 4.98. The highest BCUT2D eigenvalue weighted by Crippen LogP contribution is 2.39. The third-order valence-corrected chi connectivity index (χ3v) is 5.67. The third kappa shape index (κ3) is 3.32. The van der Waals surface area contributed by atoms with Crippen molar-refractivity contribution in [3.05, 3.63) is 0 Å². The van der Waals surface area contributed by atoms with Gasteiger partial charge in [-0.15, -0.1) is 0 Å². The second kappa shape index (κ2) is 6.55. The minimum Gasteiger partial charge on any atom is -0.329 e. The molecule has 2 aliphatic rings. The molecule has 19 heavy (non-hydrogen) atoms. The van der Waals surface area contributed by atoms with Crippen LogP contribution in [0.1, 0.15) is 46.5 Å². The van der Waals surface area contributed by atoms with Crippen molar-refractivity contribution in [1.29, 1.82) is 0 Å². The first-order chi connectivity index (χ1) is 9.11. The first kappa shape index (κ1) is 15.3. The zero-order valence-corrected chi connectivity index (χ0v) is 13.2. The Kier molecular flexibility index (Phi) is 5.27. The summed E-state index contributed by atoms with van der Waals surface area (Å²) in [6.45, 7) is 14.0. The van der Waals surface area contributed by atoms with Gasteiger partial charge in [-0.1, -0.05) is 33.6 Å². The van der Waals surface area contributed by atoms with Crippen LogP contribution in [0.2, 0.25) is 0 Å². The lowest BCUT2D eigenvalue weighted by Gasteiger charge is -2.51. The van der Waals surface area contributed by atoms with Crippen molar-refractivity contribution >= 4 is 0 Å². The molecule has 0 amide bonds. The van der Waals surface area contributed by atoms with Gasteiger partial charge in [0.2, 0.25) is 0 Å². The quantitative estimate of drug-likeness (QED) is 0.847. The Hall–Kier alpha value is -0.120. The predicted octanol–water partition coefficient (Wildman–Crippen LogP) is 2.17. The van der Waals surface area contributed by atoms with E-state index in [1.54, 1.807) is 0 Å². The van der Waals surface area contributed by atoms with Crippen LogP contribution in [0, 0.1) is 11.8 Å². The fourth-order valence-corrected chi connectivity index (χ4v) is 4.09. The van der Waals surface area contributed by atoms with E-state index in [2.05, 4.69) is 30.6 Å². The van der Waals surface area contributed by atoms with Gasteiger partial charge < -0.3 is 10.6 Å². The van der Waals surface area contributed by atoms with Crippen LogP contribution in [0.5, 0.6) is 0 Å². The van der Waals surface area contributed by atoms with Crippen molar-refractivity contribution in [2.75, 3.05) is 39.3 Å². The molecule has 112 valence electrons. The van der Waals surface area contributed by atoms with Crippen molar-refractivity contribution < 1.29 is 0 Å². The van der Waals surface area contributed by atoms with Crippen LogP contribution in [-0.2, 0) is 0 Å². The summed E-state index contributed by atoms with van der Waals surface area (Å²) in [6, 6.07) is 0. The summed E-state index contributed by atoms with van der Waals surface area (Å²) < 4.78 is 0. The predicted molar refractivity (Wildman–Crippen MR) is 82.3 cm³/mol. The highest BCUT2D eigenvalue weighted by Gasteiger charge is 2.41. The van der Waals surface area contributed by atoms with E-state index in [-0.39, 0.29) is 0 Å². The molecular weight excluding hydrogens is 234 g/mol. The summed E-state index contributed by atoms with van der Waals surface area (Å²) in [5.41, 5.74) is 6.56. The minimum atomic E-state index is 0.313. The Bertz CT molecular complexity index is 271. The maximum Gasteiger partial charge on any atom is 0.0335 e. The summed E-state index contributed by atoms with van der Waals surface area (Å²) in [7, 11) is 0. The number of likely N-dealkylation sites (N-methyl/N-ethyl adjacent to an activating group) is 1. The van der Waals surface area contributed by atoms with Crippen LogP contribution in [0.3, 0.4) is 0 Å². The highest BCUT2D eigenvalue weighted by atomic mass is 15.3. The van der Waals surface area contributed by atoms with E-state index in [4.69, 9.17) is 5.73 Å². The molecule has 3 nitrogen and oxygen atoms in total. The van der Waals surface area contributed by atoms with E-state index in [1.165, 1.54) is 58.4 Å². The van der Waals surface area contributed by atoms with Gasteiger partial charge in [0.15, 0.2) is 0 Å². The molecule has 3 heteroatoms. The molecule has 2 fully saturated rings. The zero-order valence-electron chi connectivity index (χ0n) is 13.2. The maximum atomic E-state index is 6.24. The van der Waals surface area contributed by atoms with Crippen LogP contribution in [0.25, 0.3) is 0 Å². The molecule has 1 heterocycles. The van der Waals surface area contributed by atoms with Gasteiger partial charge in [0.05, 0.1) is 0 Å². The van der Waals surface area contributed by atoms with Crippen molar-refractivity contribution in [3.8, 4) is 0 Å². The molecule has 0 bridgehead atoms. The second-order valence-corrected chi connectivity index (χ2v) is 6.95. The summed E-state index contributed by atoms with van der Waals surface area (Å²) in [4.78, 5) is 5.29. The van der Waals surface area contributed by atoms with Crippen molar-refractivity contribution in [3.63, 3.8) is 0 Å². The normalized spacial score (nSPS) is 34.9. The molecular formula is C16H33N3. The Morgan fingerprint density at radius 2 is 1.89 bits per heavy atom. The average molecular weight is 267 g/mol. The summed E-state index contributed by atoms with van der Waals surface area (Å²) in [5.74, 6) is 1.68. The lowest BCUT2D eigenvalue weighted by Crippen LogP contribution is -2.61. The third-order valence-electron chi connectivity index (χ3n) is 5.67. The molecule has 0 radical (unpaired) electrons. The fourth-order valence-electron chi connectivity index (χ4n) is 4.09. The largest absolute Gasteiger partial charge is 0.329 e. The first-order valence-electron chi connectivity index (χ1n) is 8.29. The standard InChI is InChI=1S/C16H33N3/c1-4-18-8-10-19(11-9-18)16(13-17)7-5-6-15(12-16)14(2)3/h14-15H,4-13,17H2,1-3H3. The molecule has 0 aromatic heterocycles. The van der Waals surface area contributed by atoms with Gasteiger partial charge >= 0.3 is 0 Å². The number of hydrogen-bond acceptors (Lipinski definition) is 3. The molecule has 0 aromatic rings. The van der Waals surface area contributed by atoms with Gasteiger partial charge in [0.25, 0.3) is 0 Å². The molecule has 1 saturated heterocycles. The van der Waals surface area contributed by atoms with Crippen LogP contribution in [-0.4, -0.2) is 54.6 Å². The average Bonchev–Trinajstić information content (AvgIpc) is 2.47. The molecule has 2 N–H and O–H groups in total. The first-order valence-corrected chi connectivity index (χ1v) is 8.29. The Morgan fingerprint density at radius 1 is 1.21 bits per heavy atom. The molecule has 2 unspecified atom stereocenters. The minimum absolute atomic E-state index is 0.313. The Labute approximate surface area is 119 Å². The van der Waals surface area contributed by atoms with Crippen molar-refractivity contribution in [2.45, 2.75) is 52.0 Å².